The van der Waals surface area contributed by atoms with Crippen LogP contribution in [0.2, 0.25) is 0 Å². The summed E-state index contributed by atoms with van der Waals surface area (Å²) in [6, 6.07) is 2.61. The molecule has 1 aromatic carbocycles. The Balaban J connectivity index is 2.16. The first kappa shape index (κ1) is 22.7. The zero-order chi connectivity index (χ0) is 21.6. The van der Waals surface area contributed by atoms with Crippen LogP contribution in [0.4, 0.5) is 17.6 Å². The molecule has 1 unspecified atom stereocenters. The monoisotopic (exact) mass is 414 g/mol. The summed E-state index contributed by atoms with van der Waals surface area (Å²) in [5, 5.41) is 10.4. The van der Waals surface area contributed by atoms with E-state index in [1.165, 1.54) is 0 Å². The number of aryl methyl sites for hydroxylation is 1. The number of hydrogen-bond acceptors (Lipinski definition) is 3. The first-order chi connectivity index (χ1) is 13.6. The van der Waals surface area contributed by atoms with Gasteiger partial charge in [0.25, 0.3) is 0 Å². The molecular formula is C19H26F4N6. The summed E-state index contributed by atoms with van der Waals surface area (Å²) in [5.41, 5.74) is -0.107. The Bertz CT molecular complexity index is 828. The van der Waals surface area contributed by atoms with E-state index in [-0.39, 0.29) is 18.2 Å². The van der Waals surface area contributed by atoms with Gasteiger partial charge < -0.3 is 15.5 Å². The highest BCUT2D eigenvalue weighted by atomic mass is 19.4. The highest BCUT2D eigenvalue weighted by Crippen LogP contribution is 2.32. The van der Waals surface area contributed by atoms with Gasteiger partial charge in [0.15, 0.2) is 5.96 Å². The minimum Gasteiger partial charge on any atom is -0.357 e. The van der Waals surface area contributed by atoms with E-state index in [0.717, 1.165) is 17.7 Å². The van der Waals surface area contributed by atoms with Crippen molar-refractivity contribution >= 4 is 5.96 Å². The summed E-state index contributed by atoms with van der Waals surface area (Å²) in [5.74, 6) is -0.555. The van der Waals surface area contributed by atoms with Gasteiger partial charge in [-0.2, -0.15) is 18.3 Å². The topological polar surface area (TPSA) is 57.5 Å². The zero-order valence-electron chi connectivity index (χ0n) is 16.9. The molecule has 0 aliphatic heterocycles. The standard InChI is InChI=1S/C19H26F4N6/c1-5-24-18(26-11-17(28(2)3)14-10-27-29(4)12-14)25-9-13-6-7-15(20)8-16(13)19(21,22)23/h6-8,10,12,17H,5,9,11H2,1-4H3,(H2,24,25,26). The molecule has 0 bridgehead atoms. The fraction of sp³-hybridized carbons (Fsp3) is 0.474. The number of rotatable bonds is 7. The van der Waals surface area contributed by atoms with E-state index in [4.69, 9.17) is 0 Å². The van der Waals surface area contributed by atoms with E-state index in [1.54, 1.807) is 10.9 Å². The molecule has 1 heterocycles. The Kier molecular flexibility index (Phi) is 7.60. The SMILES string of the molecule is CCNC(=NCc1ccc(F)cc1C(F)(F)F)NCC(c1cnn(C)c1)N(C)C. The number of hydrogen-bond donors (Lipinski definition) is 2. The molecule has 0 spiro atoms. The van der Waals surface area contributed by atoms with Crippen molar-refractivity contribution in [1.82, 2.24) is 25.3 Å². The summed E-state index contributed by atoms with van der Waals surface area (Å²) in [4.78, 5) is 6.26. The van der Waals surface area contributed by atoms with Gasteiger partial charge in [0.1, 0.15) is 5.82 Å². The number of nitrogens with zero attached hydrogens (tertiary/aromatic N) is 4. The van der Waals surface area contributed by atoms with Gasteiger partial charge in [0.05, 0.1) is 24.3 Å². The van der Waals surface area contributed by atoms with Crippen molar-refractivity contribution in [2.45, 2.75) is 25.7 Å². The highest BCUT2D eigenvalue weighted by Gasteiger charge is 2.33. The van der Waals surface area contributed by atoms with Crippen LogP contribution in [0.3, 0.4) is 0 Å². The average molecular weight is 414 g/mol. The lowest BCUT2D eigenvalue weighted by Crippen LogP contribution is -2.41. The number of likely N-dealkylation sites (N-methyl/N-ethyl adjacent to an activating group) is 1. The van der Waals surface area contributed by atoms with E-state index in [0.29, 0.717) is 25.1 Å². The van der Waals surface area contributed by atoms with Crippen LogP contribution >= 0.6 is 0 Å². The average Bonchev–Trinajstić information content (AvgIpc) is 3.05. The van der Waals surface area contributed by atoms with Crippen molar-refractivity contribution < 1.29 is 17.6 Å². The third-order valence-electron chi connectivity index (χ3n) is 4.32. The highest BCUT2D eigenvalue weighted by molar-refractivity contribution is 5.79. The number of guanidine groups is 1. The molecule has 29 heavy (non-hydrogen) atoms. The molecule has 2 rings (SSSR count). The Labute approximate surface area is 167 Å². The lowest BCUT2D eigenvalue weighted by atomic mass is 10.1. The molecule has 1 aromatic heterocycles. The lowest BCUT2D eigenvalue weighted by molar-refractivity contribution is -0.138. The fourth-order valence-corrected chi connectivity index (χ4v) is 2.86. The lowest BCUT2D eigenvalue weighted by Gasteiger charge is -2.24. The maximum absolute atomic E-state index is 13.3. The van der Waals surface area contributed by atoms with Crippen molar-refractivity contribution in [3.8, 4) is 0 Å². The molecule has 10 heteroatoms. The van der Waals surface area contributed by atoms with Crippen molar-refractivity contribution in [2.24, 2.45) is 12.0 Å². The second kappa shape index (κ2) is 9.73. The van der Waals surface area contributed by atoms with Gasteiger partial charge in [-0.25, -0.2) is 9.38 Å². The molecule has 0 saturated heterocycles. The van der Waals surface area contributed by atoms with Crippen LogP contribution in [0, 0.1) is 5.82 Å². The largest absolute Gasteiger partial charge is 0.416 e. The molecule has 6 nitrogen and oxygen atoms in total. The van der Waals surface area contributed by atoms with E-state index < -0.39 is 17.6 Å². The Morgan fingerprint density at radius 2 is 2.00 bits per heavy atom. The third kappa shape index (κ3) is 6.45. The fourth-order valence-electron chi connectivity index (χ4n) is 2.86. The van der Waals surface area contributed by atoms with Crippen LogP contribution in [0.1, 0.15) is 29.7 Å². The number of aliphatic imine (C=N–C) groups is 1. The molecule has 160 valence electrons. The molecule has 0 aliphatic carbocycles. The summed E-state index contributed by atoms with van der Waals surface area (Å²) < 4.78 is 54.5. The summed E-state index contributed by atoms with van der Waals surface area (Å²) in [6.45, 7) is 2.64. The molecule has 0 saturated carbocycles. The van der Waals surface area contributed by atoms with Crippen LogP contribution in [-0.4, -0.2) is 47.8 Å². The summed E-state index contributed by atoms with van der Waals surface area (Å²) in [6.07, 6.45) is -0.968. The first-order valence-electron chi connectivity index (χ1n) is 9.14. The smallest absolute Gasteiger partial charge is 0.357 e. The summed E-state index contributed by atoms with van der Waals surface area (Å²) >= 11 is 0. The zero-order valence-corrected chi connectivity index (χ0v) is 16.9. The second-order valence-electron chi connectivity index (χ2n) is 6.80. The van der Waals surface area contributed by atoms with Crippen molar-refractivity contribution in [1.29, 1.82) is 0 Å². The second-order valence-corrected chi connectivity index (χ2v) is 6.80. The molecule has 0 radical (unpaired) electrons. The number of nitrogens with one attached hydrogen (secondary N) is 2. The van der Waals surface area contributed by atoms with E-state index in [9.17, 15) is 17.6 Å². The van der Waals surface area contributed by atoms with E-state index >= 15 is 0 Å². The molecule has 1 atom stereocenters. The van der Waals surface area contributed by atoms with Crippen LogP contribution in [0.15, 0.2) is 35.6 Å². The van der Waals surface area contributed by atoms with Crippen LogP contribution < -0.4 is 10.6 Å². The van der Waals surface area contributed by atoms with Gasteiger partial charge >= 0.3 is 6.18 Å². The van der Waals surface area contributed by atoms with E-state index in [1.807, 2.05) is 39.2 Å². The van der Waals surface area contributed by atoms with Gasteiger partial charge in [-0.05, 0) is 38.7 Å². The summed E-state index contributed by atoms with van der Waals surface area (Å²) in [7, 11) is 5.69. The minimum absolute atomic E-state index is 0.0101. The van der Waals surface area contributed by atoms with Crippen LogP contribution in [0.25, 0.3) is 0 Å². The quantitative estimate of drug-likeness (QED) is 0.416. The van der Waals surface area contributed by atoms with Crippen molar-refractivity contribution in [3.63, 3.8) is 0 Å². The Morgan fingerprint density at radius 1 is 1.28 bits per heavy atom. The van der Waals surface area contributed by atoms with E-state index in [2.05, 4.69) is 20.7 Å². The molecular weight excluding hydrogens is 388 g/mol. The predicted molar refractivity (Wildman–Crippen MR) is 104 cm³/mol. The van der Waals surface area contributed by atoms with Gasteiger partial charge in [-0.3, -0.25) is 4.68 Å². The third-order valence-corrected chi connectivity index (χ3v) is 4.32. The molecule has 0 aliphatic rings. The number of aromatic nitrogens is 2. The normalized spacial score (nSPS) is 13.6. The number of halogens is 4. The number of benzene rings is 1. The van der Waals surface area contributed by atoms with Crippen molar-refractivity contribution in [3.05, 3.63) is 53.1 Å². The van der Waals surface area contributed by atoms with Crippen molar-refractivity contribution in [2.75, 3.05) is 27.2 Å². The molecule has 0 amide bonds. The maximum atomic E-state index is 13.3. The number of alkyl halides is 3. The van der Waals surface area contributed by atoms with Gasteiger partial charge in [0, 0.05) is 31.9 Å². The van der Waals surface area contributed by atoms with Gasteiger partial charge in [-0.1, -0.05) is 6.07 Å². The molecule has 0 fully saturated rings. The molecule has 2 N–H and O–H groups in total. The van der Waals surface area contributed by atoms with Crippen LogP contribution in [0.5, 0.6) is 0 Å². The predicted octanol–water partition coefficient (Wildman–Crippen LogP) is 2.94. The molecule has 2 aromatic rings. The Hall–Kier alpha value is -2.62. The van der Waals surface area contributed by atoms with Gasteiger partial charge in [-0.15, -0.1) is 0 Å². The minimum atomic E-state index is -4.64. The van der Waals surface area contributed by atoms with Gasteiger partial charge in [0.2, 0.25) is 0 Å². The first-order valence-corrected chi connectivity index (χ1v) is 9.14. The maximum Gasteiger partial charge on any atom is 0.416 e. The van der Waals surface area contributed by atoms with Crippen LogP contribution in [-0.2, 0) is 19.8 Å². The Morgan fingerprint density at radius 3 is 2.55 bits per heavy atom.